The minimum atomic E-state index is -0.265. The first-order valence-electron chi connectivity index (χ1n) is 8.44. The van der Waals surface area contributed by atoms with Crippen molar-refractivity contribution in [2.75, 3.05) is 6.54 Å². The molecule has 1 aliphatic carbocycles. The first kappa shape index (κ1) is 17.7. The van der Waals surface area contributed by atoms with Crippen LogP contribution in [0, 0.1) is 11.8 Å². The molecule has 5 heteroatoms. The first-order chi connectivity index (χ1) is 10.8. The third-order valence-corrected chi connectivity index (χ3v) is 4.08. The van der Waals surface area contributed by atoms with Crippen LogP contribution in [0.5, 0.6) is 0 Å². The molecule has 3 unspecified atom stereocenters. The van der Waals surface area contributed by atoms with Gasteiger partial charge in [-0.2, -0.15) is 0 Å². The second-order valence-electron chi connectivity index (χ2n) is 7.03. The van der Waals surface area contributed by atoms with Gasteiger partial charge in [0, 0.05) is 30.6 Å². The Morgan fingerprint density at radius 3 is 2.61 bits per heavy atom. The summed E-state index contributed by atoms with van der Waals surface area (Å²) >= 11 is 0. The fraction of sp³-hybridized carbons (Fsp3) is 0.667. The Hall–Kier alpha value is -1.62. The van der Waals surface area contributed by atoms with Gasteiger partial charge in [0.2, 0.25) is 11.8 Å². The van der Waals surface area contributed by atoms with Crippen LogP contribution in [0.25, 0.3) is 0 Å². The van der Waals surface area contributed by atoms with Crippen molar-refractivity contribution >= 4 is 11.8 Å². The monoisotopic (exact) mass is 320 g/mol. The molecule has 0 spiro atoms. The minimum absolute atomic E-state index is 0.0141. The van der Waals surface area contributed by atoms with E-state index in [4.69, 9.17) is 4.74 Å². The summed E-state index contributed by atoms with van der Waals surface area (Å²) in [5.41, 5.74) is 0.881. The van der Waals surface area contributed by atoms with Crippen molar-refractivity contribution in [1.29, 1.82) is 0 Å². The Kier molecular flexibility index (Phi) is 5.63. The standard InChI is InChI=1S/C18H28N2O3/c1-11(2)19-18(22)14-9-17(21)20(10-14)15-6-7-16(13(5)8-15)23-12(3)4/h6-8,11-14,16H,9-10H2,1-5H3,(H,19,22). The van der Waals surface area contributed by atoms with Crippen molar-refractivity contribution in [1.82, 2.24) is 10.2 Å². The smallest absolute Gasteiger partial charge is 0.227 e. The fourth-order valence-electron chi connectivity index (χ4n) is 2.99. The average Bonchev–Trinajstić information content (AvgIpc) is 2.82. The normalized spacial score (nSPS) is 27.8. The van der Waals surface area contributed by atoms with Crippen LogP contribution in [0.15, 0.2) is 23.9 Å². The van der Waals surface area contributed by atoms with Crippen LogP contribution >= 0.6 is 0 Å². The number of rotatable bonds is 5. The van der Waals surface area contributed by atoms with E-state index in [0.29, 0.717) is 6.54 Å². The summed E-state index contributed by atoms with van der Waals surface area (Å²) in [6, 6.07) is 0.0920. The Bertz CT molecular complexity index is 522. The summed E-state index contributed by atoms with van der Waals surface area (Å²) in [6.45, 7) is 10.4. The van der Waals surface area contributed by atoms with Gasteiger partial charge in [-0.15, -0.1) is 0 Å². The van der Waals surface area contributed by atoms with E-state index in [1.54, 1.807) is 4.90 Å². The molecule has 1 fully saturated rings. The van der Waals surface area contributed by atoms with E-state index < -0.39 is 0 Å². The van der Waals surface area contributed by atoms with E-state index in [1.165, 1.54) is 0 Å². The van der Waals surface area contributed by atoms with E-state index in [0.717, 1.165) is 5.70 Å². The van der Waals surface area contributed by atoms with Gasteiger partial charge in [0.15, 0.2) is 0 Å². The van der Waals surface area contributed by atoms with Gasteiger partial charge in [0.1, 0.15) is 0 Å². The van der Waals surface area contributed by atoms with Crippen molar-refractivity contribution in [3.05, 3.63) is 23.9 Å². The quantitative estimate of drug-likeness (QED) is 0.845. The molecule has 0 bridgehead atoms. The molecule has 1 aliphatic heterocycles. The fourth-order valence-corrected chi connectivity index (χ4v) is 2.99. The minimum Gasteiger partial charge on any atom is -0.371 e. The number of likely N-dealkylation sites (tertiary alicyclic amines) is 1. The molecule has 0 aromatic heterocycles. The molecule has 0 aromatic carbocycles. The number of nitrogens with one attached hydrogen (secondary N) is 1. The molecule has 23 heavy (non-hydrogen) atoms. The SMILES string of the molecule is CC(C)NC(=O)C1CC(=O)N(C2=CC(C)C(OC(C)C)C=C2)C1. The third-order valence-electron chi connectivity index (χ3n) is 4.08. The maximum Gasteiger partial charge on any atom is 0.227 e. The molecule has 0 aromatic rings. The van der Waals surface area contributed by atoms with E-state index in [-0.39, 0.29) is 48.3 Å². The van der Waals surface area contributed by atoms with Gasteiger partial charge in [0.25, 0.3) is 0 Å². The number of allylic oxidation sites excluding steroid dienone is 1. The van der Waals surface area contributed by atoms with Crippen molar-refractivity contribution in [3.63, 3.8) is 0 Å². The highest BCUT2D eigenvalue weighted by atomic mass is 16.5. The zero-order valence-corrected chi connectivity index (χ0v) is 14.7. The van der Waals surface area contributed by atoms with Gasteiger partial charge in [-0.3, -0.25) is 9.59 Å². The predicted octanol–water partition coefficient (Wildman–Crippen LogP) is 2.24. The van der Waals surface area contributed by atoms with Crippen LogP contribution in [-0.2, 0) is 14.3 Å². The molecular weight excluding hydrogens is 292 g/mol. The average molecular weight is 320 g/mol. The lowest BCUT2D eigenvalue weighted by Crippen LogP contribution is -2.37. The number of amides is 2. The van der Waals surface area contributed by atoms with Crippen LogP contribution in [-0.4, -0.2) is 41.5 Å². The summed E-state index contributed by atoms with van der Waals surface area (Å²) in [5.74, 6) is -0.0848. The van der Waals surface area contributed by atoms with Crippen molar-refractivity contribution < 1.29 is 14.3 Å². The van der Waals surface area contributed by atoms with Crippen LogP contribution in [0.3, 0.4) is 0 Å². The Labute approximate surface area is 138 Å². The summed E-state index contributed by atoms with van der Waals surface area (Å²) < 4.78 is 5.85. The molecule has 1 saturated heterocycles. The number of ether oxygens (including phenoxy) is 1. The van der Waals surface area contributed by atoms with Gasteiger partial charge in [-0.05, 0) is 33.8 Å². The Balaban J connectivity index is 2.02. The molecule has 1 N–H and O–H groups in total. The number of hydrogen-bond donors (Lipinski definition) is 1. The zero-order valence-electron chi connectivity index (χ0n) is 14.7. The molecule has 128 valence electrons. The molecule has 1 heterocycles. The molecule has 0 saturated carbocycles. The van der Waals surface area contributed by atoms with Gasteiger partial charge >= 0.3 is 0 Å². The zero-order chi connectivity index (χ0) is 17.1. The lowest BCUT2D eigenvalue weighted by molar-refractivity contribution is -0.128. The summed E-state index contributed by atoms with van der Waals surface area (Å²) in [6.07, 6.45) is 6.50. The Morgan fingerprint density at radius 1 is 1.35 bits per heavy atom. The van der Waals surface area contributed by atoms with Crippen molar-refractivity contribution in [2.45, 2.75) is 59.3 Å². The van der Waals surface area contributed by atoms with Gasteiger partial charge in [-0.25, -0.2) is 0 Å². The predicted molar refractivity (Wildman–Crippen MR) is 89.5 cm³/mol. The van der Waals surface area contributed by atoms with E-state index in [9.17, 15) is 9.59 Å². The summed E-state index contributed by atoms with van der Waals surface area (Å²) in [5, 5.41) is 2.89. The van der Waals surface area contributed by atoms with Crippen LogP contribution in [0.1, 0.15) is 41.0 Å². The van der Waals surface area contributed by atoms with Crippen molar-refractivity contribution in [2.24, 2.45) is 11.8 Å². The van der Waals surface area contributed by atoms with Crippen LogP contribution in [0.2, 0.25) is 0 Å². The number of nitrogens with zero attached hydrogens (tertiary/aromatic N) is 1. The lowest BCUT2D eigenvalue weighted by atomic mass is 9.97. The molecule has 2 amide bonds. The lowest BCUT2D eigenvalue weighted by Gasteiger charge is -2.28. The van der Waals surface area contributed by atoms with E-state index in [2.05, 4.69) is 18.3 Å². The van der Waals surface area contributed by atoms with Crippen LogP contribution in [0.4, 0.5) is 0 Å². The van der Waals surface area contributed by atoms with E-state index >= 15 is 0 Å². The molecule has 2 aliphatic rings. The number of hydrogen-bond acceptors (Lipinski definition) is 3. The topological polar surface area (TPSA) is 58.6 Å². The highest BCUT2D eigenvalue weighted by molar-refractivity contribution is 5.90. The first-order valence-corrected chi connectivity index (χ1v) is 8.44. The van der Waals surface area contributed by atoms with E-state index in [1.807, 2.05) is 39.8 Å². The molecule has 0 radical (unpaired) electrons. The van der Waals surface area contributed by atoms with Gasteiger partial charge in [0.05, 0.1) is 18.1 Å². The highest BCUT2D eigenvalue weighted by Gasteiger charge is 2.36. The molecular formula is C18H28N2O3. The summed E-state index contributed by atoms with van der Waals surface area (Å²) in [4.78, 5) is 26.1. The molecule has 3 atom stereocenters. The highest BCUT2D eigenvalue weighted by Crippen LogP contribution is 2.28. The largest absolute Gasteiger partial charge is 0.371 e. The maximum absolute atomic E-state index is 12.3. The van der Waals surface area contributed by atoms with Gasteiger partial charge < -0.3 is 15.0 Å². The number of carbonyl (C=O) groups excluding carboxylic acids is 2. The van der Waals surface area contributed by atoms with Gasteiger partial charge in [-0.1, -0.05) is 19.1 Å². The second-order valence-corrected chi connectivity index (χ2v) is 7.03. The van der Waals surface area contributed by atoms with Crippen LogP contribution < -0.4 is 5.32 Å². The Morgan fingerprint density at radius 2 is 2.04 bits per heavy atom. The summed E-state index contributed by atoms with van der Waals surface area (Å²) in [7, 11) is 0. The molecule has 2 rings (SSSR count). The second kappa shape index (κ2) is 7.30. The maximum atomic E-state index is 12.3. The number of carbonyl (C=O) groups is 2. The molecule has 5 nitrogen and oxygen atoms in total. The third kappa shape index (κ3) is 4.44. The van der Waals surface area contributed by atoms with Crippen molar-refractivity contribution in [3.8, 4) is 0 Å².